The van der Waals surface area contributed by atoms with E-state index in [1.54, 1.807) is 0 Å². The Kier molecular flexibility index (Phi) is 47.6. The van der Waals surface area contributed by atoms with Crippen molar-refractivity contribution in [2.24, 2.45) is 0 Å². The molecule has 0 aromatic carbocycles. The molecule has 358 valence electrons. The molecule has 3 N–H and O–H groups in total. The molecule has 6 heteroatoms. The molecule has 0 fully saturated rings. The number of hydrogen-bond donors (Lipinski definition) is 3. The first-order valence-electron chi connectivity index (χ1n) is 26.7. The number of allylic oxidation sites excluding steroid dienone is 6. The van der Waals surface area contributed by atoms with Gasteiger partial charge in [-0.2, -0.15) is 0 Å². The zero-order chi connectivity index (χ0) is 44.5. The van der Waals surface area contributed by atoms with Crippen LogP contribution < -0.4 is 5.32 Å². The fraction of sp³-hybridized carbons (Fsp3) is 0.855. The summed E-state index contributed by atoms with van der Waals surface area (Å²) in [5.41, 5.74) is 0. The topological polar surface area (TPSA) is 95.9 Å². The third-order valence-corrected chi connectivity index (χ3v) is 12.3. The fourth-order valence-corrected chi connectivity index (χ4v) is 8.26. The fourth-order valence-electron chi connectivity index (χ4n) is 8.26. The van der Waals surface area contributed by atoms with E-state index in [2.05, 4.69) is 62.5 Å². The summed E-state index contributed by atoms with van der Waals surface area (Å²) in [6, 6.07) is -0.704. The summed E-state index contributed by atoms with van der Waals surface area (Å²) in [6.07, 6.45) is 57.9. The van der Waals surface area contributed by atoms with Gasteiger partial charge in [-0.3, -0.25) is 9.59 Å². The Bertz CT molecular complexity index is 1010. The van der Waals surface area contributed by atoms with Gasteiger partial charge in [-0.1, -0.05) is 256 Å². The third-order valence-electron chi connectivity index (χ3n) is 12.3. The molecule has 0 aliphatic heterocycles. The Labute approximate surface area is 379 Å². The zero-order valence-corrected chi connectivity index (χ0v) is 40.8. The Morgan fingerprint density at radius 1 is 0.492 bits per heavy atom. The number of carbonyl (C=O) groups is 2. The number of aliphatic hydroxyl groups excluding tert-OH is 2. The van der Waals surface area contributed by atoms with Crippen molar-refractivity contribution < 1.29 is 24.5 Å². The smallest absolute Gasteiger partial charge is 0.306 e. The summed E-state index contributed by atoms with van der Waals surface area (Å²) in [5, 5.41) is 23.7. The summed E-state index contributed by atoms with van der Waals surface area (Å²) >= 11 is 0. The summed E-state index contributed by atoms with van der Waals surface area (Å²) < 4.78 is 5.93. The Hall–Kier alpha value is -1.92. The second-order valence-electron chi connectivity index (χ2n) is 18.3. The van der Waals surface area contributed by atoms with Gasteiger partial charge in [0.25, 0.3) is 0 Å². The molecule has 0 rings (SSSR count). The first-order chi connectivity index (χ1) is 30.0. The van der Waals surface area contributed by atoms with E-state index in [-0.39, 0.29) is 24.9 Å². The van der Waals surface area contributed by atoms with Crippen LogP contribution in [0.15, 0.2) is 36.5 Å². The molecule has 0 aliphatic rings. The van der Waals surface area contributed by atoms with Crippen LogP contribution in [0.5, 0.6) is 0 Å². The molecular formula is C55H103NO5. The normalized spacial score (nSPS) is 13.5. The Balaban J connectivity index is 4.49. The summed E-state index contributed by atoms with van der Waals surface area (Å²) in [6.45, 7) is 6.36. The van der Waals surface area contributed by atoms with Crippen molar-refractivity contribution >= 4 is 11.9 Å². The van der Waals surface area contributed by atoms with E-state index in [9.17, 15) is 19.8 Å². The van der Waals surface area contributed by atoms with E-state index in [4.69, 9.17) is 4.74 Å². The van der Waals surface area contributed by atoms with Crippen molar-refractivity contribution in [2.45, 2.75) is 296 Å². The lowest BCUT2D eigenvalue weighted by molar-refractivity contribution is -0.151. The van der Waals surface area contributed by atoms with E-state index in [1.807, 2.05) is 0 Å². The molecule has 0 aliphatic carbocycles. The summed E-state index contributed by atoms with van der Waals surface area (Å²) in [4.78, 5) is 26.1. The van der Waals surface area contributed by atoms with Crippen LogP contribution in [0.3, 0.4) is 0 Å². The van der Waals surface area contributed by atoms with Crippen LogP contribution in [-0.2, 0) is 14.3 Å². The molecule has 0 saturated heterocycles. The minimum Gasteiger partial charge on any atom is -0.462 e. The lowest BCUT2D eigenvalue weighted by Crippen LogP contribution is -2.46. The van der Waals surface area contributed by atoms with Crippen molar-refractivity contribution in [2.75, 3.05) is 6.61 Å². The number of aliphatic hydroxyl groups is 2. The van der Waals surface area contributed by atoms with Gasteiger partial charge in [-0.05, 0) is 44.9 Å². The molecular weight excluding hydrogens is 755 g/mol. The van der Waals surface area contributed by atoms with Crippen molar-refractivity contribution in [1.82, 2.24) is 5.32 Å². The van der Waals surface area contributed by atoms with Gasteiger partial charge < -0.3 is 20.3 Å². The molecule has 0 spiro atoms. The molecule has 0 saturated carbocycles. The van der Waals surface area contributed by atoms with Crippen LogP contribution in [-0.4, -0.2) is 46.9 Å². The minimum absolute atomic E-state index is 0.0676. The van der Waals surface area contributed by atoms with Crippen molar-refractivity contribution in [3.05, 3.63) is 36.5 Å². The van der Waals surface area contributed by atoms with E-state index >= 15 is 0 Å². The predicted octanol–water partition coefficient (Wildman–Crippen LogP) is 16.1. The Morgan fingerprint density at radius 2 is 0.885 bits per heavy atom. The van der Waals surface area contributed by atoms with Crippen molar-refractivity contribution in [3.63, 3.8) is 0 Å². The molecule has 0 aromatic heterocycles. The van der Waals surface area contributed by atoms with Crippen LogP contribution in [0.25, 0.3) is 0 Å². The molecule has 6 nitrogen and oxygen atoms in total. The minimum atomic E-state index is -0.790. The number of carbonyl (C=O) groups excluding carboxylic acids is 2. The molecule has 3 unspecified atom stereocenters. The molecule has 0 radical (unpaired) electrons. The highest BCUT2D eigenvalue weighted by molar-refractivity contribution is 5.77. The number of amides is 1. The van der Waals surface area contributed by atoms with Crippen molar-refractivity contribution in [3.8, 4) is 0 Å². The van der Waals surface area contributed by atoms with Crippen molar-refractivity contribution in [1.29, 1.82) is 0 Å². The highest BCUT2D eigenvalue weighted by Gasteiger charge is 2.24. The SMILES string of the molecule is CC/C=C/C=C/C=C/CCCCCCCC(CC(=O)NC(CO)C(O)CCCCCCCCCCCC)OC(=O)CCCCCCCCCCCCCCCCCCCCC. The highest BCUT2D eigenvalue weighted by atomic mass is 16.5. The predicted molar refractivity (Wildman–Crippen MR) is 264 cm³/mol. The first-order valence-corrected chi connectivity index (χ1v) is 26.7. The monoisotopic (exact) mass is 858 g/mol. The van der Waals surface area contributed by atoms with Gasteiger partial charge in [0.2, 0.25) is 5.91 Å². The van der Waals surface area contributed by atoms with Crippen LogP contribution in [0, 0.1) is 0 Å². The second-order valence-corrected chi connectivity index (χ2v) is 18.3. The number of ether oxygens (including phenoxy) is 1. The van der Waals surface area contributed by atoms with Gasteiger partial charge >= 0.3 is 5.97 Å². The van der Waals surface area contributed by atoms with E-state index in [0.29, 0.717) is 19.3 Å². The standard InChI is InChI=1S/C55H103NO5/c1-4-7-10-13-16-19-22-24-25-26-27-28-29-31-33-36-39-42-45-48-55(60)61-51(46-43-40-37-34-32-30-23-20-17-14-11-8-5-2)49-54(59)56-52(50-57)53(58)47-44-41-38-35-21-18-15-12-9-6-3/h8,11,14,17,20,23,51-53,57-58H,4-7,9-10,12-13,15-16,18-19,21-22,24-50H2,1-3H3,(H,56,59)/b11-8+,17-14+,23-20+. The Morgan fingerprint density at radius 3 is 1.33 bits per heavy atom. The second kappa shape index (κ2) is 49.1. The molecule has 3 atom stereocenters. The number of rotatable bonds is 48. The van der Waals surface area contributed by atoms with Gasteiger partial charge in [-0.15, -0.1) is 0 Å². The van der Waals surface area contributed by atoms with Gasteiger partial charge in [0.05, 0.1) is 25.2 Å². The average molecular weight is 858 g/mol. The number of unbranched alkanes of at least 4 members (excludes halogenated alkanes) is 32. The van der Waals surface area contributed by atoms with E-state index in [1.165, 1.54) is 148 Å². The molecule has 61 heavy (non-hydrogen) atoms. The maximum Gasteiger partial charge on any atom is 0.306 e. The number of nitrogens with one attached hydrogen (secondary N) is 1. The molecule has 1 amide bonds. The summed E-state index contributed by atoms with van der Waals surface area (Å²) in [7, 11) is 0. The van der Waals surface area contributed by atoms with Gasteiger partial charge in [0.15, 0.2) is 0 Å². The van der Waals surface area contributed by atoms with E-state index < -0.39 is 18.2 Å². The molecule has 0 bridgehead atoms. The van der Waals surface area contributed by atoms with Crippen LogP contribution in [0.1, 0.15) is 278 Å². The number of esters is 1. The third kappa shape index (κ3) is 44.5. The lowest BCUT2D eigenvalue weighted by atomic mass is 10.0. The van der Waals surface area contributed by atoms with Gasteiger partial charge in [0.1, 0.15) is 6.10 Å². The van der Waals surface area contributed by atoms with Gasteiger partial charge in [0, 0.05) is 6.42 Å². The average Bonchev–Trinajstić information content (AvgIpc) is 3.25. The van der Waals surface area contributed by atoms with Gasteiger partial charge in [-0.25, -0.2) is 0 Å². The molecule has 0 heterocycles. The van der Waals surface area contributed by atoms with Crippen LogP contribution in [0.2, 0.25) is 0 Å². The van der Waals surface area contributed by atoms with E-state index in [0.717, 1.165) is 83.5 Å². The maximum absolute atomic E-state index is 13.2. The van der Waals surface area contributed by atoms with Crippen LogP contribution >= 0.6 is 0 Å². The maximum atomic E-state index is 13.2. The first kappa shape index (κ1) is 59.1. The summed E-state index contributed by atoms with van der Waals surface area (Å²) in [5.74, 6) is -0.482. The van der Waals surface area contributed by atoms with Crippen LogP contribution in [0.4, 0.5) is 0 Å². The quantitative estimate of drug-likeness (QED) is 0.0322. The largest absolute Gasteiger partial charge is 0.462 e. The zero-order valence-electron chi connectivity index (χ0n) is 40.8. The lowest BCUT2D eigenvalue weighted by Gasteiger charge is -2.24. The highest BCUT2D eigenvalue weighted by Crippen LogP contribution is 2.18. The number of hydrogen-bond acceptors (Lipinski definition) is 5. The molecule has 0 aromatic rings.